The molecule has 0 saturated carbocycles. The molecule has 1 N–H and O–H groups in total. The molecule has 0 radical (unpaired) electrons. The van der Waals surface area contributed by atoms with E-state index in [1.807, 2.05) is 27.2 Å². The van der Waals surface area contributed by atoms with Crippen LogP contribution in [0.4, 0.5) is 0 Å². The molecule has 0 aromatic carbocycles. The van der Waals surface area contributed by atoms with E-state index in [1.54, 1.807) is 0 Å². The van der Waals surface area contributed by atoms with Crippen LogP contribution in [0.2, 0.25) is 0 Å². The SMILES string of the molecule is CC(C)[PH](C)(C)OP(C)(=O)O.I. The molecule has 78 valence electrons. The van der Waals surface area contributed by atoms with Crippen molar-refractivity contribution in [2.24, 2.45) is 0 Å². The molecule has 6 heteroatoms. The van der Waals surface area contributed by atoms with Gasteiger partial charge in [0, 0.05) is 0 Å². The van der Waals surface area contributed by atoms with E-state index in [0.29, 0.717) is 5.66 Å². The van der Waals surface area contributed by atoms with Crippen molar-refractivity contribution in [1.29, 1.82) is 0 Å². The summed E-state index contributed by atoms with van der Waals surface area (Å²) in [5, 5.41) is 0. The molecule has 0 heterocycles. The molecule has 0 spiro atoms. The first-order valence-corrected chi connectivity index (χ1v) is 8.67. The molecular formula is C6H19IO3P2. The molecule has 3 nitrogen and oxygen atoms in total. The molecule has 0 aliphatic heterocycles. The van der Waals surface area contributed by atoms with Crippen molar-refractivity contribution in [3.63, 3.8) is 0 Å². The van der Waals surface area contributed by atoms with Gasteiger partial charge in [0.15, 0.2) is 0 Å². The van der Waals surface area contributed by atoms with Crippen LogP contribution in [0.15, 0.2) is 0 Å². The monoisotopic (exact) mass is 328 g/mol. The molecule has 0 aliphatic rings. The van der Waals surface area contributed by atoms with Crippen LogP contribution >= 0.6 is 39.1 Å². The standard InChI is InChI=1S/C6H18O3P2.HI/c1-6(2)10(3,4)9-11(5,7)8;/h6,10H,1-5H3,(H,7,8);1H. The molecule has 12 heavy (non-hydrogen) atoms. The second-order valence-electron chi connectivity index (χ2n) is 3.65. The maximum absolute atomic E-state index is 10.9. The van der Waals surface area contributed by atoms with Gasteiger partial charge in [0.05, 0.1) is 0 Å². The first-order valence-electron chi connectivity index (χ1n) is 3.66. The van der Waals surface area contributed by atoms with Gasteiger partial charge in [-0.3, -0.25) is 0 Å². The number of rotatable bonds is 3. The molecule has 0 amide bonds. The predicted molar refractivity (Wildman–Crippen MR) is 67.5 cm³/mol. The van der Waals surface area contributed by atoms with Gasteiger partial charge in [0.2, 0.25) is 0 Å². The first kappa shape index (κ1) is 15.8. The minimum absolute atomic E-state index is 0. The van der Waals surface area contributed by atoms with Crippen LogP contribution in [0, 0.1) is 0 Å². The maximum Gasteiger partial charge on any atom is -0.107 e. The Bertz CT molecular complexity index is 176. The van der Waals surface area contributed by atoms with Crippen LogP contribution in [0.5, 0.6) is 0 Å². The summed E-state index contributed by atoms with van der Waals surface area (Å²) < 4.78 is 16.0. The van der Waals surface area contributed by atoms with Gasteiger partial charge in [0.1, 0.15) is 0 Å². The van der Waals surface area contributed by atoms with Crippen LogP contribution in [-0.2, 0) is 8.88 Å². The maximum atomic E-state index is 10.9. The van der Waals surface area contributed by atoms with Crippen LogP contribution < -0.4 is 0 Å². The Morgan fingerprint density at radius 3 is 1.83 bits per heavy atom. The summed E-state index contributed by atoms with van der Waals surface area (Å²) in [6.45, 7) is 9.17. The predicted octanol–water partition coefficient (Wildman–Crippen LogP) is 2.77. The van der Waals surface area contributed by atoms with E-state index in [-0.39, 0.29) is 24.0 Å². The zero-order valence-corrected chi connectivity index (χ0v) is 12.4. The van der Waals surface area contributed by atoms with Gasteiger partial charge in [-0.05, 0) is 0 Å². The van der Waals surface area contributed by atoms with E-state index in [2.05, 4.69) is 0 Å². The van der Waals surface area contributed by atoms with Crippen molar-refractivity contribution in [3.05, 3.63) is 0 Å². The summed E-state index contributed by atoms with van der Waals surface area (Å²) in [6, 6.07) is 0. The average molecular weight is 328 g/mol. The second kappa shape index (κ2) is 5.26. The van der Waals surface area contributed by atoms with Crippen LogP contribution in [0.25, 0.3) is 0 Å². The van der Waals surface area contributed by atoms with Crippen molar-refractivity contribution < 1.29 is 13.8 Å². The summed E-state index contributed by atoms with van der Waals surface area (Å²) in [7, 11) is -5.21. The third-order valence-corrected chi connectivity index (χ3v) is 7.81. The van der Waals surface area contributed by atoms with E-state index in [4.69, 9.17) is 9.20 Å². The smallest absolute Gasteiger partial charge is 0.107 e. The Morgan fingerprint density at radius 2 is 1.75 bits per heavy atom. The van der Waals surface area contributed by atoms with E-state index >= 15 is 0 Å². The second-order valence-corrected chi connectivity index (χ2v) is 10.4. The van der Waals surface area contributed by atoms with Crippen molar-refractivity contribution in [2.75, 3.05) is 20.0 Å². The van der Waals surface area contributed by atoms with Gasteiger partial charge >= 0.3 is 68.4 Å². The third kappa shape index (κ3) is 6.79. The summed E-state index contributed by atoms with van der Waals surface area (Å²) in [4.78, 5) is 8.97. The van der Waals surface area contributed by atoms with E-state index in [9.17, 15) is 4.57 Å². The molecular weight excluding hydrogens is 309 g/mol. The van der Waals surface area contributed by atoms with Crippen molar-refractivity contribution >= 4 is 39.1 Å². The molecule has 0 rings (SSSR count). The van der Waals surface area contributed by atoms with Gasteiger partial charge in [-0.2, -0.15) is 0 Å². The largest absolute Gasteiger partial charge is 0.107 e. The fourth-order valence-electron chi connectivity index (χ4n) is 0.542. The Labute approximate surface area is 92.2 Å². The number of halogens is 1. The Kier molecular flexibility index (Phi) is 6.91. The average Bonchev–Trinajstić information content (AvgIpc) is 1.56. The molecule has 0 bridgehead atoms. The zero-order chi connectivity index (χ0) is 9.28. The Balaban J connectivity index is 0. The molecule has 0 aliphatic carbocycles. The summed E-state index contributed by atoms with van der Waals surface area (Å²) in [6.07, 6.45) is 0. The minimum atomic E-state index is -3.28. The fourth-order valence-corrected chi connectivity index (χ4v) is 4.88. The fraction of sp³-hybridized carbons (Fsp3) is 1.00. The van der Waals surface area contributed by atoms with Gasteiger partial charge in [-0.1, -0.05) is 0 Å². The molecule has 0 fully saturated rings. The molecule has 0 aromatic rings. The van der Waals surface area contributed by atoms with Gasteiger partial charge < -0.3 is 0 Å². The summed E-state index contributed by atoms with van der Waals surface area (Å²) in [5.74, 6) is 0. The third-order valence-electron chi connectivity index (χ3n) is 1.80. The van der Waals surface area contributed by atoms with Gasteiger partial charge in [0.25, 0.3) is 0 Å². The van der Waals surface area contributed by atoms with Crippen molar-refractivity contribution in [2.45, 2.75) is 19.5 Å². The van der Waals surface area contributed by atoms with E-state index in [0.717, 1.165) is 0 Å². The van der Waals surface area contributed by atoms with E-state index in [1.165, 1.54) is 6.66 Å². The topological polar surface area (TPSA) is 46.5 Å². The summed E-state index contributed by atoms with van der Waals surface area (Å²) >= 11 is 0. The van der Waals surface area contributed by atoms with Crippen LogP contribution in [0.3, 0.4) is 0 Å². The number of hydrogen-bond donors (Lipinski definition) is 1. The van der Waals surface area contributed by atoms with E-state index < -0.39 is 15.1 Å². The zero-order valence-electron chi connectivity index (χ0n) is 8.20. The minimum Gasteiger partial charge on any atom is -0.107 e. The molecule has 1 atom stereocenters. The first-order chi connectivity index (χ1) is 4.65. The normalized spacial score (nSPS) is 18.2. The van der Waals surface area contributed by atoms with Crippen LogP contribution in [0.1, 0.15) is 13.8 Å². The van der Waals surface area contributed by atoms with Gasteiger partial charge in [-0.15, -0.1) is 24.0 Å². The Hall–Kier alpha value is 1.31. The molecule has 1 unspecified atom stereocenters. The van der Waals surface area contributed by atoms with Gasteiger partial charge in [-0.25, -0.2) is 0 Å². The van der Waals surface area contributed by atoms with Crippen molar-refractivity contribution in [1.82, 2.24) is 0 Å². The number of hydrogen-bond acceptors (Lipinski definition) is 2. The molecule has 0 saturated heterocycles. The van der Waals surface area contributed by atoms with Crippen molar-refractivity contribution in [3.8, 4) is 0 Å². The molecule has 0 aromatic heterocycles. The quantitative estimate of drug-likeness (QED) is 0.640. The van der Waals surface area contributed by atoms with Crippen LogP contribution in [-0.4, -0.2) is 30.5 Å². The summed E-state index contributed by atoms with van der Waals surface area (Å²) in [5.41, 5.74) is 0.364. The Morgan fingerprint density at radius 1 is 1.42 bits per heavy atom.